The van der Waals surface area contributed by atoms with Crippen LogP contribution < -0.4 is 5.73 Å². The Kier molecular flexibility index (Phi) is 3.33. The molecule has 0 amide bonds. The highest BCUT2D eigenvalue weighted by atomic mass is 32.2. The maximum Gasteiger partial charge on any atom is 0.194 e. The summed E-state index contributed by atoms with van der Waals surface area (Å²) >= 11 is 3.47. The van der Waals surface area contributed by atoms with Crippen LogP contribution in [-0.2, 0) is 6.42 Å². The third-order valence-corrected chi connectivity index (χ3v) is 3.77. The number of rotatable bonds is 4. The molecule has 2 N–H and O–H groups in total. The van der Waals surface area contributed by atoms with Gasteiger partial charge in [0.05, 0.1) is 5.69 Å². The Labute approximate surface area is 97.7 Å². The van der Waals surface area contributed by atoms with Crippen molar-refractivity contribution in [1.29, 1.82) is 0 Å². The minimum Gasteiger partial charge on any atom is -0.328 e. The molecule has 0 bridgehead atoms. The van der Waals surface area contributed by atoms with E-state index in [0.717, 1.165) is 22.2 Å². The number of imidazole rings is 1. The second-order valence-electron chi connectivity index (χ2n) is 3.53. The summed E-state index contributed by atoms with van der Waals surface area (Å²) in [5, 5.41) is 3.20. The Morgan fingerprint density at radius 1 is 1.67 bits per heavy atom. The lowest BCUT2D eigenvalue weighted by Crippen LogP contribution is -2.19. The van der Waals surface area contributed by atoms with Crippen molar-refractivity contribution in [3.05, 3.63) is 17.3 Å². The van der Waals surface area contributed by atoms with Gasteiger partial charge in [0, 0.05) is 24.0 Å². The van der Waals surface area contributed by atoms with Crippen LogP contribution in [0.3, 0.4) is 0 Å². The molecule has 15 heavy (non-hydrogen) atoms. The molecular formula is C10H15N3S2. The molecule has 5 heteroatoms. The zero-order chi connectivity index (χ0) is 10.8. The van der Waals surface area contributed by atoms with E-state index in [-0.39, 0.29) is 6.04 Å². The van der Waals surface area contributed by atoms with E-state index < -0.39 is 0 Å². The summed E-state index contributed by atoms with van der Waals surface area (Å²) < 4.78 is 2.16. The maximum atomic E-state index is 5.86. The number of hydrogen-bond donors (Lipinski definition) is 1. The Hall–Kier alpha value is -0.520. The van der Waals surface area contributed by atoms with E-state index in [0.29, 0.717) is 0 Å². The van der Waals surface area contributed by atoms with E-state index in [4.69, 9.17) is 5.73 Å². The number of nitrogens with two attached hydrogens (primary N) is 1. The van der Waals surface area contributed by atoms with E-state index in [9.17, 15) is 0 Å². The molecule has 2 rings (SSSR count). The van der Waals surface area contributed by atoms with Crippen molar-refractivity contribution in [3.8, 4) is 0 Å². The molecule has 0 aliphatic carbocycles. The highest BCUT2D eigenvalue weighted by molar-refractivity contribution is 7.99. The monoisotopic (exact) mass is 241 g/mol. The van der Waals surface area contributed by atoms with Gasteiger partial charge in [0.1, 0.15) is 5.03 Å². The van der Waals surface area contributed by atoms with Crippen molar-refractivity contribution in [2.75, 3.05) is 5.75 Å². The fourth-order valence-electron chi connectivity index (χ4n) is 1.56. The first-order valence-corrected chi connectivity index (χ1v) is 6.91. The molecule has 2 heterocycles. The fraction of sp³-hybridized carbons (Fsp3) is 0.500. The molecule has 0 aromatic carbocycles. The second-order valence-corrected chi connectivity index (χ2v) is 5.66. The predicted octanol–water partition coefficient (Wildman–Crippen LogP) is 2.40. The van der Waals surface area contributed by atoms with Crippen LogP contribution in [0.15, 0.2) is 16.6 Å². The molecule has 82 valence electrons. The van der Waals surface area contributed by atoms with Crippen molar-refractivity contribution < 1.29 is 0 Å². The van der Waals surface area contributed by atoms with Crippen LogP contribution in [0.1, 0.15) is 19.5 Å². The normalized spacial score (nSPS) is 13.5. The van der Waals surface area contributed by atoms with Crippen LogP contribution >= 0.6 is 23.1 Å². The zero-order valence-corrected chi connectivity index (χ0v) is 10.6. The summed E-state index contributed by atoms with van der Waals surface area (Å²) in [4.78, 5) is 5.68. The Morgan fingerprint density at radius 2 is 2.47 bits per heavy atom. The van der Waals surface area contributed by atoms with E-state index in [2.05, 4.69) is 27.9 Å². The Morgan fingerprint density at radius 3 is 3.13 bits per heavy atom. The lowest BCUT2D eigenvalue weighted by atomic mass is 10.2. The summed E-state index contributed by atoms with van der Waals surface area (Å²) in [5.74, 6) is 1.05. The molecule has 1 unspecified atom stereocenters. The van der Waals surface area contributed by atoms with Gasteiger partial charge in [-0.3, -0.25) is 4.40 Å². The van der Waals surface area contributed by atoms with Crippen molar-refractivity contribution in [2.24, 2.45) is 5.73 Å². The standard InChI is InChI=1S/C10H15N3S2/c1-3-14-9-8(6-7(2)11)13-4-5-15-10(13)12-9/h4-5,7H,3,6,11H2,1-2H3. The van der Waals surface area contributed by atoms with Gasteiger partial charge in [-0.2, -0.15) is 0 Å². The number of fused-ring (bicyclic) bond motifs is 1. The maximum absolute atomic E-state index is 5.86. The van der Waals surface area contributed by atoms with Crippen LogP contribution in [0, 0.1) is 0 Å². The topological polar surface area (TPSA) is 43.3 Å². The molecule has 1 atom stereocenters. The van der Waals surface area contributed by atoms with Crippen LogP contribution in [0.25, 0.3) is 4.96 Å². The summed E-state index contributed by atoms with van der Waals surface area (Å²) in [5.41, 5.74) is 7.12. The van der Waals surface area contributed by atoms with E-state index in [1.165, 1.54) is 5.69 Å². The molecule has 0 saturated heterocycles. The molecule has 0 aliphatic heterocycles. The van der Waals surface area contributed by atoms with Gasteiger partial charge in [0.25, 0.3) is 0 Å². The molecule has 3 nitrogen and oxygen atoms in total. The van der Waals surface area contributed by atoms with Crippen molar-refractivity contribution in [1.82, 2.24) is 9.38 Å². The molecule has 0 aliphatic rings. The fourth-order valence-corrected chi connectivity index (χ4v) is 3.12. The lowest BCUT2D eigenvalue weighted by Gasteiger charge is -2.05. The average molecular weight is 241 g/mol. The minimum absolute atomic E-state index is 0.181. The Bertz CT molecular complexity index is 444. The molecule has 2 aromatic heterocycles. The molecular weight excluding hydrogens is 226 g/mol. The second kappa shape index (κ2) is 4.55. The van der Waals surface area contributed by atoms with Crippen LogP contribution in [0.4, 0.5) is 0 Å². The highest BCUT2D eigenvalue weighted by Crippen LogP contribution is 2.26. The summed E-state index contributed by atoms with van der Waals surface area (Å²) in [6.07, 6.45) is 2.96. The summed E-state index contributed by atoms with van der Waals surface area (Å²) in [6.45, 7) is 4.18. The first kappa shape index (κ1) is 11.0. The molecule has 0 fully saturated rings. The van der Waals surface area contributed by atoms with Gasteiger partial charge in [0.2, 0.25) is 0 Å². The first-order valence-electron chi connectivity index (χ1n) is 5.05. The zero-order valence-electron chi connectivity index (χ0n) is 8.93. The quantitative estimate of drug-likeness (QED) is 0.836. The summed E-state index contributed by atoms with van der Waals surface area (Å²) in [6, 6.07) is 0.181. The van der Waals surface area contributed by atoms with Crippen LogP contribution in [0.2, 0.25) is 0 Å². The number of thiazole rings is 1. The predicted molar refractivity (Wildman–Crippen MR) is 66.8 cm³/mol. The largest absolute Gasteiger partial charge is 0.328 e. The lowest BCUT2D eigenvalue weighted by molar-refractivity contribution is 0.706. The molecule has 2 aromatic rings. The van der Waals surface area contributed by atoms with Gasteiger partial charge >= 0.3 is 0 Å². The summed E-state index contributed by atoms with van der Waals surface area (Å²) in [7, 11) is 0. The molecule has 0 radical (unpaired) electrons. The third-order valence-electron chi connectivity index (χ3n) is 2.12. The van der Waals surface area contributed by atoms with Gasteiger partial charge in [-0.05, 0) is 12.7 Å². The number of hydrogen-bond acceptors (Lipinski definition) is 4. The van der Waals surface area contributed by atoms with Gasteiger partial charge < -0.3 is 5.73 Å². The van der Waals surface area contributed by atoms with E-state index in [1.54, 1.807) is 23.1 Å². The van der Waals surface area contributed by atoms with E-state index >= 15 is 0 Å². The van der Waals surface area contributed by atoms with Crippen LogP contribution in [-0.4, -0.2) is 21.2 Å². The van der Waals surface area contributed by atoms with Crippen molar-refractivity contribution in [2.45, 2.75) is 31.3 Å². The van der Waals surface area contributed by atoms with Crippen LogP contribution in [0.5, 0.6) is 0 Å². The average Bonchev–Trinajstić information content (AvgIpc) is 2.70. The van der Waals surface area contributed by atoms with Crippen molar-refractivity contribution in [3.63, 3.8) is 0 Å². The highest BCUT2D eigenvalue weighted by Gasteiger charge is 2.13. The van der Waals surface area contributed by atoms with Gasteiger partial charge in [-0.15, -0.1) is 23.1 Å². The van der Waals surface area contributed by atoms with Gasteiger partial charge in [0.15, 0.2) is 4.96 Å². The first-order chi connectivity index (χ1) is 7.22. The van der Waals surface area contributed by atoms with Gasteiger partial charge in [-0.1, -0.05) is 6.92 Å². The Balaban J connectivity index is 2.43. The number of nitrogens with zero attached hydrogens (tertiary/aromatic N) is 2. The number of thioether (sulfide) groups is 1. The minimum atomic E-state index is 0.181. The smallest absolute Gasteiger partial charge is 0.194 e. The van der Waals surface area contributed by atoms with Crippen molar-refractivity contribution >= 4 is 28.1 Å². The molecule has 0 saturated carbocycles. The molecule has 0 spiro atoms. The van der Waals surface area contributed by atoms with E-state index in [1.807, 2.05) is 6.92 Å². The SMILES string of the molecule is CCSc1nc2sccn2c1CC(C)N. The number of aromatic nitrogens is 2. The third kappa shape index (κ3) is 2.19. The van der Waals surface area contributed by atoms with Gasteiger partial charge in [-0.25, -0.2) is 4.98 Å².